The average Bonchev–Trinajstić information content (AvgIpc) is 3.16. The number of carbonyl (C=O) groups is 4. The minimum Gasteiger partial charge on any atom is -0.455 e. The molecule has 10 rings (SSSR count). The van der Waals surface area contributed by atoms with Crippen molar-refractivity contribution in [3.05, 3.63) is 190 Å². The summed E-state index contributed by atoms with van der Waals surface area (Å²) in [6, 6.07) is 43.7. The molecule has 438 valence electrons. The molecular formula is C60H63ClN4O18. The Morgan fingerprint density at radius 3 is 1.71 bits per heavy atom. The number of nitrogens with zero attached hydrogens (tertiary/aromatic N) is 4. The maximum absolute atomic E-state index is 14.3. The Labute approximate surface area is 483 Å². The van der Waals surface area contributed by atoms with E-state index in [1.54, 1.807) is 0 Å². The third-order valence-electron chi connectivity index (χ3n) is 14.4. The van der Waals surface area contributed by atoms with E-state index in [9.17, 15) is 24.7 Å². The van der Waals surface area contributed by atoms with Gasteiger partial charge in [0.2, 0.25) is 0 Å². The van der Waals surface area contributed by atoms with Crippen molar-refractivity contribution in [3.63, 3.8) is 0 Å². The molecule has 5 heterocycles. The van der Waals surface area contributed by atoms with Crippen molar-refractivity contribution in [2.75, 3.05) is 25.7 Å². The van der Waals surface area contributed by atoms with E-state index in [0.717, 1.165) is 30.5 Å². The summed E-state index contributed by atoms with van der Waals surface area (Å²) in [5, 5.41) is 4.19. The van der Waals surface area contributed by atoms with E-state index in [-0.39, 0.29) is 46.2 Å². The zero-order valence-electron chi connectivity index (χ0n) is 45.3. The van der Waals surface area contributed by atoms with Gasteiger partial charge in [0.1, 0.15) is 54.6 Å². The van der Waals surface area contributed by atoms with Crippen LogP contribution in [0.25, 0.3) is 10.4 Å². The predicted molar refractivity (Wildman–Crippen MR) is 290 cm³/mol. The van der Waals surface area contributed by atoms with Gasteiger partial charge in [0.05, 0.1) is 39.6 Å². The van der Waals surface area contributed by atoms with Gasteiger partial charge in [-0.1, -0.05) is 157 Å². The van der Waals surface area contributed by atoms with Gasteiger partial charge in [0.25, 0.3) is 0 Å². The predicted octanol–water partition coefficient (Wildman–Crippen LogP) is 7.78. The number of alkyl halides is 1. The summed E-state index contributed by atoms with van der Waals surface area (Å²) in [5.74, 6) is -3.02. The van der Waals surface area contributed by atoms with E-state index in [4.69, 9.17) is 77.9 Å². The van der Waals surface area contributed by atoms with Crippen molar-refractivity contribution < 1.29 is 85.5 Å². The third-order valence-corrected chi connectivity index (χ3v) is 14.6. The molecule has 0 aromatic heterocycles. The van der Waals surface area contributed by atoms with Gasteiger partial charge in [0.15, 0.2) is 49.6 Å². The fraction of sp³-hybridized carbons (Fsp3) is 0.433. The largest absolute Gasteiger partial charge is 0.455 e. The normalized spacial score (nSPS) is 30.2. The van der Waals surface area contributed by atoms with Gasteiger partial charge in [-0.15, -0.1) is 11.6 Å². The van der Waals surface area contributed by atoms with Crippen LogP contribution in [0, 0.1) is 0 Å². The number of amides is 1. The Balaban J connectivity index is 1.04. The Bertz CT molecular complexity index is 2960. The summed E-state index contributed by atoms with van der Waals surface area (Å²) in [7, 11) is 0. The van der Waals surface area contributed by atoms with E-state index in [0.29, 0.717) is 11.1 Å². The van der Waals surface area contributed by atoms with Gasteiger partial charge in [-0.3, -0.25) is 19.3 Å². The van der Waals surface area contributed by atoms with Gasteiger partial charge in [-0.2, -0.15) is 0 Å². The molecular weight excluding hydrogens is 1100 g/mol. The van der Waals surface area contributed by atoms with Gasteiger partial charge in [-0.05, 0) is 27.8 Å². The van der Waals surface area contributed by atoms with Crippen LogP contribution < -0.4 is 0 Å². The Hall–Kier alpha value is -7.02. The van der Waals surface area contributed by atoms with Crippen molar-refractivity contribution in [1.29, 1.82) is 0 Å². The lowest BCUT2D eigenvalue weighted by molar-refractivity contribution is -0.386. The summed E-state index contributed by atoms with van der Waals surface area (Å²) in [4.78, 5) is 59.2. The minimum absolute atomic E-state index is 0.0204. The van der Waals surface area contributed by atoms with Crippen LogP contribution in [-0.4, -0.2) is 147 Å². The molecule has 0 spiro atoms. The number of benzene rings is 5. The summed E-state index contributed by atoms with van der Waals surface area (Å²) in [5.41, 5.74) is 14.0. The van der Waals surface area contributed by atoms with Crippen LogP contribution in [0.5, 0.6) is 0 Å². The lowest BCUT2D eigenvalue weighted by atomic mass is 9.93. The maximum Gasteiger partial charge on any atom is 0.411 e. The number of hydrogen-bond donors (Lipinski definition) is 0. The van der Waals surface area contributed by atoms with Crippen LogP contribution in [-0.2, 0) is 107 Å². The summed E-state index contributed by atoms with van der Waals surface area (Å²) < 4.78 is 90.7. The first kappa shape index (κ1) is 59.2. The molecule has 0 aliphatic carbocycles. The molecule has 5 aliphatic heterocycles. The maximum atomic E-state index is 14.3. The molecule has 22 nitrogen and oxygen atoms in total. The topological polar surface area (TPSA) is 249 Å². The molecule has 5 aromatic rings. The average molecular weight is 1160 g/mol. The molecule has 5 saturated heterocycles. The van der Waals surface area contributed by atoms with Crippen LogP contribution >= 0.6 is 11.6 Å². The van der Waals surface area contributed by atoms with Crippen LogP contribution in [0.2, 0.25) is 0 Å². The smallest absolute Gasteiger partial charge is 0.411 e. The van der Waals surface area contributed by atoms with E-state index in [1.165, 1.54) is 4.90 Å². The summed E-state index contributed by atoms with van der Waals surface area (Å²) in [6.07, 6.45) is -19.3. The number of fused-ring (bicyclic) bond motifs is 2. The Kier molecular flexibility index (Phi) is 20.3. The number of halogens is 1. The SMILES string of the molecule is CC(=O)O[C@H]1[C@@H](O[C@H]2O[C@H](COCc3ccccc3)[C@@H](OC(=O)CCl)[C@@H]3OC(=O)N(Cc4ccccc4)[C@@H]23)[C@@H](COCc2ccccc2)O[C@@H](O[C@@H]2[C@@H](N=[N+]=[N-])[C@H](OCc3ccccc3)O[C@@H]3CO[C@H](c4ccccc4)O[C@H]23)[C@@H]1OC(C)=O. The quantitative estimate of drug-likeness (QED) is 0.0151. The molecule has 5 aliphatic rings. The van der Waals surface area contributed by atoms with Gasteiger partial charge < -0.3 is 66.3 Å². The van der Waals surface area contributed by atoms with Crippen molar-refractivity contribution in [2.24, 2.45) is 5.11 Å². The Morgan fingerprint density at radius 1 is 0.602 bits per heavy atom. The minimum atomic E-state index is -1.69. The zero-order chi connectivity index (χ0) is 57.7. The molecule has 0 saturated carbocycles. The summed E-state index contributed by atoms with van der Waals surface area (Å²) in [6.45, 7) is 1.97. The first-order valence-corrected chi connectivity index (χ1v) is 27.7. The highest BCUT2D eigenvalue weighted by molar-refractivity contribution is 6.26. The van der Waals surface area contributed by atoms with Crippen LogP contribution in [0.1, 0.15) is 48.0 Å². The van der Waals surface area contributed by atoms with Crippen molar-refractivity contribution in [2.45, 2.75) is 138 Å². The van der Waals surface area contributed by atoms with Crippen molar-refractivity contribution in [1.82, 2.24) is 4.90 Å². The molecule has 0 unspecified atom stereocenters. The zero-order valence-corrected chi connectivity index (χ0v) is 46.1. The fourth-order valence-electron chi connectivity index (χ4n) is 10.7. The number of rotatable bonds is 23. The number of azide groups is 1. The first-order chi connectivity index (χ1) is 40.5. The monoisotopic (exact) mass is 1160 g/mol. The standard InChI is InChI=1S/C60H63ClN4O18/c1-36(66)74-54-51(81-58-48-53(83-60(69)65(48)29-38-18-8-3-9-19-38)50(79-46(68)28-61)43(77-58)33-70-30-39-20-10-4-11-21-39)44(34-71-31-40-22-12-5-13-23-40)78-59(55(54)75-37(2)67)82-52-47(63-64-62)57(72-32-41-24-14-6-15-25-41)76-45-35-73-56(80-49(45)52)42-26-16-7-17-27-42/h3-27,43-45,47-59H,28-35H2,1-2H3/t43-,44-,45-,47-,48-,49+,50-,51+,52-,53-,54+,55-,56+,57-,58-,59+/m1/s1. The van der Waals surface area contributed by atoms with Crippen LogP contribution in [0.3, 0.4) is 0 Å². The lowest BCUT2D eigenvalue weighted by Gasteiger charge is -2.51. The number of carbonyl (C=O) groups excluding carboxylic acids is 4. The highest BCUT2D eigenvalue weighted by atomic mass is 35.5. The number of ether oxygens (including phenoxy) is 14. The first-order valence-electron chi connectivity index (χ1n) is 27.2. The van der Waals surface area contributed by atoms with Crippen LogP contribution in [0.4, 0.5) is 4.79 Å². The molecule has 23 heteroatoms. The lowest BCUT2D eigenvalue weighted by Crippen LogP contribution is -2.68. The molecule has 83 heavy (non-hydrogen) atoms. The molecule has 0 radical (unpaired) electrons. The van der Waals surface area contributed by atoms with E-state index in [2.05, 4.69) is 10.0 Å². The van der Waals surface area contributed by atoms with Crippen LogP contribution in [0.15, 0.2) is 157 Å². The molecule has 0 bridgehead atoms. The molecule has 0 N–H and O–H groups in total. The molecule has 5 fully saturated rings. The third kappa shape index (κ3) is 14.9. The van der Waals surface area contributed by atoms with E-state index < -0.39 is 128 Å². The summed E-state index contributed by atoms with van der Waals surface area (Å²) >= 11 is 6.03. The number of esters is 3. The Morgan fingerprint density at radius 2 is 1.13 bits per heavy atom. The second kappa shape index (κ2) is 28.5. The molecule has 5 aromatic carbocycles. The van der Waals surface area contributed by atoms with Crippen molar-refractivity contribution >= 4 is 35.6 Å². The van der Waals surface area contributed by atoms with E-state index in [1.807, 2.05) is 152 Å². The number of hydrogen-bond acceptors (Lipinski definition) is 19. The van der Waals surface area contributed by atoms with Gasteiger partial charge in [0, 0.05) is 30.9 Å². The second-order valence-corrected chi connectivity index (χ2v) is 20.5. The van der Waals surface area contributed by atoms with Gasteiger partial charge in [-0.25, -0.2) is 4.79 Å². The van der Waals surface area contributed by atoms with E-state index >= 15 is 0 Å². The molecule has 16 atom stereocenters. The fourth-order valence-corrected chi connectivity index (χ4v) is 10.8. The van der Waals surface area contributed by atoms with Crippen molar-refractivity contribution in [3.8, 4) is 0 Å². The highest BCUT2D eigenvalue weighted by Gasteiger charge is 2.62. The highest BCUT2D eigenvalue weighted by Crippen LogP contribution is 2.42. The second-order valence-electron chi connectivity index (χ2n) is 20.2. The molecule has 1 amide bonds. The van der Waals surface area contributed by atoms with Gasteiger partial charge >= 0.3 is 24.0 Å².